The molecule has 0 unspecified atom stereocenters. The first-order chi connectivity index (χ1) is 4.16. The molecular formula is C4H9ClF2N2O. The maximum atomic E-state index is 11.3. The highest BCUT2D eigenvalue weighted by atomic mass is 35.5. The van der Waals surface area contributed by atoms with Crippen molar-refractivity contribution in [3.63, 3.8) is 0 Å². The van der Waals surface area contributed by atoms with Gasteiger partial charge < -0.3 is 11.1 Å². The van der Waals surface area contributed by atoms with Crippen molar-refractivity contribution in [2.75, 3.05) is 13.1 Å². The van der Waals surface area contributed by atoms with E-state index in [0.29, 0.717) is 0 Å². The predicted molar refractivity (Wildman–Crippen MR) is 35.3 cm³/mol. The fourth-order valence-electron chi connectivity index (χ4n) is 0.263. The third-order valence-electron chi connectivity index (χ3n) is 0.639. The van der Waals surface area contributed by atoms with E-state index >= 15 is 0 Å². The van der Waals surface area contributed by atoms with Crippen molar-refractivity contribution in [3.05, 3.63) is 0 Å². The predicted octanol–water partition coefficient (Wildman–Crippen LogP) is -0.252. The van der Waals surface area contributed by atoms with E-state index in [1.165, 1.54) is 0 Å². The van der Waals surface area contributed by atoms with Crippen LogP contribution >= 0.6 is 12.4 Å². The number of carbonyl (C=O) groups is 1. The van der Waals surface area contributed by atoms with Crippen molar-refractivity contribution in [2.45, 2.75) is 6.43 Å². The fourth-order valence-corrected chi connectivity index (χ4v) is 0.263. The van der Waals surface area contributed by atoms with E-state index < -0.39 is 18.9 Å². The summed E-state index contributed by atoms with van der Waals surface area (Å²) in [5, 5.41) is 1.92. The molecule has 0 aromatic carbocycles. The second kappa shape index (κ2) is 6.70. The van der Waals surface area contributed by atoms with Gasteiger partial charge in [-0.2, -0.15) is 0 Å². The van der Waals surface area contributed by atoms with Gasteiger partial charge >= 0.3 is 0 Å². The molecule has 0 rings (SSSR count). The van der Waals surface area contributed by atoms with E-state index in [1.807, 2.05) is 5.32 Å². The summed E-state index contributed by atoms with van der Waals surface area (Å²) >= 11 is 0. The summed E-state index contributed by atoms with van der Waals surface area (Å²) in [6.07, 6.45) is -2.50. The van der Waals surface area contributed by atoms with Crippen LogP contribution in [0.5, 0.6) is 0 Å². The Bertz CT molecular complexity index is 101. The Balaban J connectivity index is 0. The number of carbonyl (C=O) groups excluding carboxylic acids is 1. The summed E-state index contributed by atoms with van der Waals surface area (Å²) in [7, 11) is 0. The van der Waals surface area contributed by atoms with Gasteiger partial charge in [-0.15, -0.1) is 12.4 Å². The molecule has 0 radical (unpaired) electrons. The van der Waals surface area contributed by atoms with Crippen LogP contribution in [0.3, 0.4) is 0 Å². The SMILES string of the molecule is Cl.NCC(=O)NCC(F)F. The van der Waals surface area contributed by atoms with Gasteiger partial charge in [0.15, 0.2) is 0 Å². The van der Waals surface area contributed by atoms with Gasteiger partial charge in [-0.1, -0.05) is 0 Å². The van der Waals surface area contributed by atoms with Gasteiger partial charge in [0.25, 0.3) is 6.43 Å². The van der Waals surface area contributed by atoms with Crippen molar-refractivity contribution in [1.82, 2.24) is 5.32 Å². The summed E-state index contributed by atoms with van der Waals surface area (Å²) < 4.78 is 22.6. The van der Waals surface area contributed by atoms with Crippen LogP contribution in [-0.4, -0.2) is 25.4 Å². The Kier molecular flexibility index (Phi) is 8.22. The fraction of sp³-hybridized carbons (Fsp3) is 0.750. The van der Waals surface area contributed by atoms with Gasteiger partial charge in [0.1, 0.15) is 0 Å². The number of amides is 1. The maximum Gasteiger partial charge on any atom is 0.255 e. The second-order valence-corrected chi connectivity index (χ2v) is 1.40. The smallest absolute Gasteiger partial charge is 0.255 e. The highest BCUT2D eigenvalue weighted by Crippen LogP contribution is 1.86. The molecule has 3 N–H and O–H groups in total. The molecule has 0 spiro atoms. The molecule has 0 aromatic heterocycles. The Morgan fingerprint density at radius 2 is 2.10 bits per heavy atom. The van der Waals surface area contributed by atoms with E-state index in [9.17, 15) is 13.6 Å². The standard InChI is InChI=1S/C4H8F2N2O.ClH/c5-3(6)2-8-4(9)1-7;/h3H,1-2,7H2,(H,8,9);1H. The molecule has 0 heterocycles. The van der Waals surface area contributed by atoms with Crippen LogP contribution in [0.2, 0.25) is 0 Å². The van der Waals surface area contributed by atoms with E-state index in [1.54, 1.807) is 0 Å². The molecule has 0 atom stereocenters. The average molecular weight is 175 g/mol. The third kappa shape index (κ3) is 7.58. The average Bonchev–Trinajstić information content (AvgIpc) is 1.83. The van der Waals surface area contributed by atoms with Gasteiger partial charge in [0.05, 0.1) is 13.1 Å². The zero-order chi connectivity index (χ0) is 7.28. The molecule has 10 heavy (non-hydrogen) atoms. The van der Waals surface area contributed by atoms with Crippen LogP contribution in [0.1, 0.15) is 0 Å². The Morgan fingerprint density at radius 3 is 2.40 bits per heavy atom. The van der Waals surface area contributed by atoms with Crippen LogP contribution in [0.25, 0.3) is 0 Å². The number of hydrogen-bond acceptors (Lipinski definition) is 2. The van der Waals surface area contributed by atoms with Crippen LogP contribution in [0, 0.1) is 0 Å². The normalized spacial score (nSPS) is 8.80. The second-order valence-electron chi connectivity index (χ2n) is 1.40. The molecule has 3 nitrogen and oxygen atoms in total. The zero-order valence-corrected chi connectivity index (χ0v) is 5.96. The largest absolute Gasteiger partial charge is 0.349 e. The zero-order valence-electron chi connectivity index (χ0n) is 5.14. The Labute approximate surface area is 63.4 Å². The molecule has 6 heteroatoms. The summed E-state index contributed by atoms with van der Waals surface area (Å²) in [6, 6.07) is 0. The molecule has 0 bridgehead atoms. The first-order valence-electron chi connectivity index (χ1n) is 2.41. The molecule has 0 saturated heterocycles. The van der Waals surface area contributed by atoms with Crippen molar-refractivity contribution in [1.29, 1.82) is 0 Å². The summed E-state index contributed by atoms with van der Waals surface area (Å²) in [5.74, 6) is -0.560. The number of alkyl halides is 2. The van der Waals surface area contributed by atoms with E-state index in [-0.39, 0.29) is 19.0 Å². The quantitative estimate of drug-likeness (QED) is 0.620. The van der Waals surface area contributed by atoms with E-state index in [4.69, 9.17) is 5.73 Å². The lowest BCUT2D eigenvalue weighted by atomic mass is 10.5. The highest BCUT2D eigenvalue weighted by molar-refractivity contribution is 5.85. The summed E-state index contributed by atoms with van der Waals surface area (Å²) in [5.41, 5.74) is 4.80. The lowest BCUT2D eigenvalue weighted by Crippen LogP contribution is -2.33. The lowest BCUT2D eigenvalue weighted by Gasteiger charge is -1.99. The van der Waals surface area contributed by atoms with Crippen LogP contribution in [-0.2, 0) is 4.79 Å². The number of halogens is 3. The number of nitrogens with two attached hydrogens (primary N) is 1. The minimum atomic E-state index is -2.50. The van der Waals surface area contributed by atoms with Crippen molar-refractivity contribution < 1.29 is 13.6 Å². The van der Waals surface area contributed by atoms with Crippen molar-refractivity contribution in [2.24, 2.45) is 5.73 Å². The summed E-state index contributed by atoms with van der Waals surface area (Å²) in [6.45, 7) is -0.858. The maximum absolute atomic E-state index is 11.3. The van der Waals surface area contributed by atoms with Gasteiger partial charge in [-0.05, 0) is 0 Å². The first-order valence-corrected chi connectivity index (χ1v) is 2.41. The topological polar surface area (TPSA) is 55.1 Å². The molecule has 0 fully saturated rings. The molecule has 0 aliphatic rings. The van der Waals surface area contributed by atoms with E-state index in [0.717, 1.165) is 0 Å². The first kappa shape index (κ1) is 12.3. The Morgan fingerprint density at radius 1 is 1.60 bits per heavy atom. The molecule has 1 amide bonds. The minimum absolute atomic E-state index is 0. The third-order valence-corrected chi connectivity index (χ3v) is 0.639. The lowest BCUT2D eigenvalue weighted by molar-refractivity contribution is -0.120. The van der Waals surface area contributed by atoms with Crippen LogP contribution < -0.4 is 11.1 Å². The van der Waals surface area contributed by atoms with Crippen LogP contribution in [0.15, 0.2) is 0 Å². The van der Waals surface area contributed by atoms with Gasteiger partial charge in [-0.3, -0.25) is 4.79 Å². The van der Waals surface area contributed by atoms with Gasteiger partial charge in [-0.25, -0.2) is 8.78 Å². The molecule has 0 aliphatic carbocycles. The van der Waals surface area contributed by atoms with Crippen molar-refractivity contribution in [3.8, 4) is 0 Å². The molecule has 0 saturated carbocycles. The van der Waals surface area contributed by atoms with Gasteiger partial charge in [0.2, 0.25) is 5.91 Å². The van der Waals surface area contributed by atoms with Crippen LogP contribution in [0.4, 0.5) is 8.78 Å². The molecule has 0 aromatic rings. The number of nitrogens with one attached hydrogen (secondary N) is 1. The number of hydrogen-bond donors (Lipinski definition) is 2. The monoisotopic (exact) mass is 174 g/mol. The van der Waals surface area contributed by atoms with Gasteiger partial charge in [0, 0.05) is 0 Å². The van der Waals surface area contributed by atoms with E-state index in [2.05, 4.69) is 0 Å². The van der Waals surface area contributed by atoms with Crippen molar-refractivity contribution >= 4 is 18.3 Å². The molecule has 0 aliphatic heterocycles. The molecule has 62 valence electrons. The molecular weight excluding hydrogens is 166 g/mol. The summed E-state index contributed by atoms with van der Waals surface area (Å²) in [4.78, 5) is 10.1. The number of rotatable bonds is 3. The minimum Gasteiger partial charge on any atom is -0.349 e. The highest BCUT2D eigenvalue weighted by Gasteiger charge is 2.02. The Hall–Kier alpha value is -0.420.